The molecule has 2 nitrogen and oxygen atoms in total. The van der Waals surface area contributed by atoms with Crippen LogP contribution >= 0.6 is 11.3 Å². The maximum atomic E-state index is 6.17. The summed E-state index contributed by atoms with van der Waals surface area (Å²) in [6.07, 6.45) is 0. The Morgan fingerprint density at radius 1 is 0.397 bits per heavy atom. The predicted octanol–water partition coefficient (Wildman–Crippen LogP) is 15.5. The molecule has 0 spiro atoms. The van der Waals surface area contributed by atoms with Crippen molar-refractivity contribution in [2.45, 2.75) is 5.41 Å². The van der Waals surface area contributed by atoms with Crippen molar-refractivity contribution in [1.29, 1.82) is 0 Å². The molecule has 1 aliphatic rings. The SMILES string of the molecule is c1ccc(C2(c3ccccc3)c3ccccc3-c3c(N(c4ccc(-c5ccc6oc7ccccc7c6c5)cc4)c4ccc5sc6ccccc6c5c4)cccc32)cc1. The van der Waals surface area contributed by atoms with Gasteiger partial charge in [-0.15, -0.1) is 11.3 Å². The Morgan fingerprint density at radius 3 is 1.83 bits per heavy atom. The Hall–Kier alpha value is -7.20. The zero-order chi connectivity index (χ0) is 38.2. The molecule has 0 N–H and O–H groups in total. The summed E-state index contributed by atoms with van der Waals surface area (Å²) in [6, 6.07) is 77.7. The summed E-state index contributed by atoms with van der Waals surface area (Å²) in [5.41, 5.74) is 14.6. The van der Waals surface area contributed by atoms with Gasteiger partial charge in [0.05, 0.1) is 11.1 Å². The number of nitrogens with zero attached hydrogens (tertiary/aromatic N) is 1. The molecule has 3 heteroatoms. The lowest BCUT2D eigenvalue weighted by atomic mass is 9.68. The fraction of sp³-hybridized carbons (Fsp3) is 0.0182. The molecule has 0 amide bonds. The van der Waals surface area contributed by atoms with Gasteiger partial charge in [0.1, 0.15) is 11.2 Å². The molecule has 2 aromatic heterocycles. The molecule has 12 rings (SSSR count). The Balaban J connectivity index is 1.09. The van der Waals surface area contributed by atoms with E-state index < -0.39 is 5.41 Å². The minimum Gasteiger partial charge on any atom is -0.456 e. The van der Waals surface area contributed by atoms with E-state index in [1.165, 1.54) is 53.6 Å². The van der Waals surface area contributed by atoms with Gasteiger partial charge in [0.2, 0.25) is 0 Å². The van der Waals surface area contributed by atoms with Gasteiger partial charge in [-0.1, -0.05) is 152 Å². The van der Waals surface area contributed by atoms with Crippen LogP contribution in [0.5, 0.6) is 0 Å². The quantitative estimate of drug-likeness (QED) is 0.168. The van der Waals surface area contributed by atoms with Crippen LogP contribution in [0, 0.1) is 0 Å². The number of anilines is 3. The molecular formula is C55H35NOS. The van der Waals surface area contributed by atoms with E-state index in [9.17, 15) is 0 Å². The molecule has 0 radical (unpaired) electrons. The van der Waals surface area contributed by atoms with E-state index in [0.29, 0.717) is 0 Å². The van der Waals surface area contributed by atoms with Crippen LogP contribution in [0.4, 0.5) is 17.1 Å². The first-order valence-corrected chi connectivity index (χ1v) is 20.6. The highest BCUT2D eigenvalue weighted by molar-refractivity contribution is 7.25. The number of furan rings is 1. The molecule has 0 saturated heterocycles. The number of hydrogen-bond donors (Lipinski definition) is 0. The fourth-order valence-corrected chi connectivity index (χ4v) is 10.7. The topological polar surface area (TPSA) is 16.4 Å². The summed E-state index contributed by atoms with van der Waals surface area (Å²) < 4.78 is 8.76. The van der Waals surface area contributed by atoms with E-state index in [2.05, 4.69) is 205 Å². The Morgan fingerprint density at radius 2 is 1.02 bits per heavy atom. The Labute approximate surface area is 340 Å². The van der Waals surface area contributed by atoms with E-state index in [4.69, 9.17) is 4.42 Å². The van der Waals surface area contributed by atoms with E-state index in [0.717, 1.165) is 50.1 Å². The maximum Gasteiger partial charge on any atom is 0.135 e. The van der Waals surface area contributed by atoms with Crippen LogP contribution in [0.15, 0.2) is 217 Å². The van der Waals surface area contributed by atoms with Crippen molar-refractivity contribution >= 4 is 70.5 Å². The molecule has 0 bridgehead atoms. The molecule has 11 aromatic rings. The van der Waals surface area contributed by atoms with Crippen LogP contribution in [0.2, 0.25) is 0 Å². The monoisotopic (exact) mass is 757 g/mol. The normalized spacial score (nSPS) is 13.0. The molecule has 0 atom stereocenters. The second-order valence-electron chi connectivity index (χ2n) is 15.2. The number of para-hydroxylation sites is 1. The molecule has 0 unspecified atom stereocenters. The van der Waals surface area contributed by atoms with E-state index in [1.54, 1.807) is 0 Å². The third-order valence-electron chi connectivity index (χ3n) is 12.2. The van der Waals surface area contributed by atoms with Crippen LogP contribution in [0.1, 0.15) is 22.3 Å². The van der Waals surface area contributed by atoms with E-state index in [1.807, 2.05) is 23.5 Å². The molecule has 2 heterocycles. The minimum atomic E-state index is -0.497. The van der Waals surface area contributed by atoms with Crippen molar-refractivity contribution in [3.05, 3.63) is 235 Å². The average Bonchev–Trinajstić information content (AvgIpc) is 3.96. The van der Waals surface area contributed by atoms with Gasteiger partial charge in [-0.25, -0.2) is 0 Å². The standard InChI is InChI=1S/C55H35NOS/c1-3-14-38(15-4-1)55(39-16-5-2-6-17-39)47-21-10-7-20-44(47)54-48(55)22-13-23-49(54)56(41-31-33-53-46(35-41)43-19-9-12-25-52(43)58-53)40-29-26-36(27-30-40)37-28-32-51-45(34-37)42-18-8-11-24-50(42)57-51/h1-35H. The number of hydrogen-bond acceptors (Lipinski definition) is 3. The van der Waals surface area contributed by atoms with Crippen molar-refractivity contribution in [3.63, 3.8) is 0 Å². The number of rotatable bonds is 6. The number of benzene rings is 9. The second kappa shape index (κ2) is 12.9. The summed E-state index contributed by atoms with van der Waals surface area (Å²) in [5, 5.41) is 4.83. The minimum absolute atomic E-state index is 0.497. The molecule has 0 saturated carbocycles. The molecule has 0 fully saturated rings. The Kier molecular flexibility index (Phi) is 7.35. The van der Waals surface area contributed by atoms with Crippen molar-refractivity contribution in [3.8, 4) is 22.3 Å². The first-order valence-electron chi connectivity index (χ1n) is 19.8. The van der Waals surface area contributed by atoms with Crippen molar-refractivity contribution in [2.75, 3.05) is 4.90 Å². The molecule has 272 valence electrons. The van der Waals surface area contributed by atoms with Crippen LogP contribution in [-0.4, -0.2) is 0 Å². The van der Waals surface area contributed by atoms with Crippen molar-refractivity contribution in [1.82, 2.24) is 0 Å². The van der Waals surface area contributed by atoms with E-state index >= 15 is 0 Å². The molecule has 1 aliphatic carbocycles. The van der Waals surface area contributed by atoms with Crippen LogP contribution in [0.25, 0.3) is 64.4 Å². The highest BCUT2D eigenvalue weighted by Gasteiger charge is 2.47. The van der Waals surface area contributed by atoms with Gasteiger partial charge in [-0.2, -0.15) is 0 Å². The molecule has 58 heavy (non-hydrogen) atoms. The lowest BCUT2D eigenvalue weighted by Crippen LogP contribution is -2.28. The zero-order valence-corrected chi connectivity index (χ0v) is 32.3. The summed E-state index contributed by atoms with van der Waals surface area (Å²) in [7, 11) is 0. The maximum absolute atomic E-state index is 6.17. The van der Waals surface area contributed by atoms with Crippen molar-refractivity contribution in [2.24, 2.45) is 0 Å². The van der Waals surface area contributed by atoms with Gasteiger partial charge in [0.15, 0.2) is 0 Å². The lowest BCUT2D eigenvalue weighted by Gasteiger charge is -2.34. The van der Waals surface area contributed by atoms with E-state index in [-0.39, 0.29) is 0 Å². The fourth-order valence-electron chi connectivity index (χ4n) is 9.65. The predicted molar refractivity (Wildman–Crippen MR) is 244 cm³/mol. The zero-order valence-electron chi connectivity index (χ0n) is 31.5. The Bertz CT molecular complexity index is 3300. The molecular weight excluding hydrogens is 723 g/mol. The third-order valence-corrected chi connectivity index (χ3v) is 13.3. The molecule has 0 aliphatic heterocycles. The summed E-state index contributed by atoms with van der Waals surface area (Å²) in [6.45, 7) is 0. The van der Waals surface area contributed by atoms with Gasteiger partial charge in [-0.3, -0.25) is 0 Å². The number of fused-ring (bicyclic) bond motifs is 9. The summed E-state index contributed by atoms with van der Waals surface area (Å²) in [4.78, 5) is 2.48. The highest BCUT2D eigenvalue weighted by atomic mass is 32.1. The number of thiophene rings is 1. The molecule has 9 aromatic carbocycles. The van der Waals surface area contributed by atoms with Gasteiger partial charge in [0, 0.05) is 47.9 Å². The first kappa shape index (κ1) is 33.0. The van der Waals surface area contributed by atoms with Gasteiger partial charge >= 0.3 is 0 Å². The summed E-state index contributed by atoms with van der Waals surface area (Å²) in [5.74, 6) is 0. The largest absolute Gasteiger partial charge is 0.456 e. The van der Waals surface area contributed by atoms with Gasteiger partial charge in [-0.05, 0) is 99.6 Å². The van der Waals surface area contributed by atoms with Crippen LogP contribution in [-0.2, 0) is 5.41 Å². The highest BCUT2D eigenvalue weighted by Crippen LogP contribution is 2.59. The summed E-state index contributed by atoms with van der Waals surface area (Å²) >= 11 is 1.86. The van der Waals surface area contributed by atoms with Crippen LogP contribution in [0.3, 0.4) is 0 Å². The smallest absolute Gasteiger partial charge is 0.135 e. The average molecular weight is 758 g/mol. The first-order chi connectivity index (χ1) is 28.8. The lowest BCUT2D eigenvalue weighted by molar-refractivity contribution is 0.669. The van der Waals surface area contributed by atoms with Gasteiger partial charge in [0.25, 0.3) is 0 Å². The van der Waals surface area contributed by atoms with Gasteiger partial charge < -0.3 is 9.32 Å². The van der Waals surface area contributed by atoms with Crippen LogP contribution < -0.4 is 4.90 Å². The second-order valence-corrected chi connectivity index (χ2v) is 16.3. The van der Waals surface area contributed by atoms with Crippen molar-refractivity contribution < 1.29 is 4.42 Å². The third kappa shape index (κ3) is 4.84.